The first-order valence-electron chi connectivity index (χ1n) is 9.25. The Morgan fingerprint density at radius 3 is 2.34 bits per heavy atom. The van der Waals surface area contributed by atoms with E-state index in [1.807, 2.05) is 6.92 Å². The van der Waals surface area contributed by atoms with Crippen LogP contribution in [0.25, 0.3) is 0 Å². The van der Waals surface area contributed by atoms with Crippen LogP contribution in [0.4, 0.5) is 24.5 Å². The van der Waals surface area contributed by atoms with Crippen LogP contribution < -0.4 is 14.4 Å². The lowest BCUT2D eigenvalue weighted by Gasteiger charge is -2.48. The summed E-state index contributed by atoms with van der Waals surface area (Å²) in [6, 6.07) is 5.93. The summed E-state index contributed by atoms with van der Waals surface area (Å²) >= 11 is 0. The molecule has 2 aromatic rings. The number of halogens is 3. The fourth-order valence-electron chi connectivity index (χ4n) is 3.35. The Balaban J connectivity index is 2.07. The molecule has 174 valence electrons. The van der Waals surface area contributed by atoms with Gasteiger partial charge in [-0.2, -0.15) is 13.2 Å². The number of aromatic carboxylic acids is 1. The minimum atomic E-state index is -4.70. The van der Waals surface area contributed by atoms with Gasteiger partial charge in [-0.3, -0.25) is 4.72 Å². The van der Waals surface area contributed by atoms with E-state index in [1.54, 1.807) is 4.90 Å². The van der Waals surface area contributed by atoms with Crippen LogP contribution in [0.15, 0.2) is 41.3 Å². The molecule has 0 saturated carbocycles. The molecule has 1 heterocycles. The Bertz CT molecular complexity index is 1140. The summed E-state index contributed by atoms with van der Waals surface area (Å²) in [4.78, 5) is 12.4. The summed E-state index contributed by atoms with van der Waals surface area (Å²) in [7, 11) is -1.81. The highest BCUT2D eigenvalue weighted by Gasteiger charge is 2.41. The van der Waals surface area contributed by atoms with Crippen molar-refractivity contribution in [3.8, 4) is 5.75 Å². The number of carboxylic acids is 1. The summed E-state index contributed by atoms with van der Waals surface area (Å²) < 4.78 is 78.6. The molecule has 32 heavy (non-hydrogen) atoms. The molecule has 2 N–H and O–H groups in total. The standard InChI is InChI=1S/C20H21F3N2O6S/c1-19(31-3)10-25(11-19)15-6-5-13(20(21,22)23)9-14(15)24-32(28,29)17-8-12(18(26)27)4-7-16(17)30-2/h4-9,24H,10-11H2,1-3H3,(H,26,27). The number of benzene rings is 2. The molecule has 0 amide bonds. The van der Waals surface area contributed by atoms with E-state index in [9.17, 15) is 31.5 Å². The number of ether oxygens (including phenoxy) is 2. The van der Waals surface area contributed by atoms with Crippen molar-refractivity contribution in [2.45, 2.75) is 23.6 Å². The molecule has 1 fully saturated rings. The fraction of sp³-hybridized carbons (Fsp3) is 0.350. The van der Waals surface area contributed by atoms with Crippen molar-refractivity contribution < 1.29 is 41.0 Å². The minimum absolute atomic E-state index is 0.160. The van der Waals surface area contributed by atoms with E-state index in [0.717, 1.165) is 24.3 Å². The number of nitrogens with one attached hydrogen (secondary N) is 1. The van der Waals surface area contributed by atoms with E-state index in [0.29, 0.717) is 19.2 Å². The van der Waals surface area contributed by atoms with Crippen molar-refractivity contribution in [3.63, 3.8) is 0 Å². The number of carbonyl (C=O) groups is 1. The molecule has 0 aliphatic carbocycles. The van der Waals surface area contributed by atoms with Gasteiger partial charge in [0.05, 0.1) is 35.2 Å². The molecule has 12 heteroatoms. The second kappa shape index (κ2) is 8.17. The van der Waals surface area contributed by atoms with Crippen molar-refractivity contribution in [2.24, 2.45) is 0 Å². The van der Waals surface area contributed by atoms with Gasteiger partial charge < -0.3 is 19.5 Å². The zero-order valence-corrected chi connectivity index (χ0v) is 18.2. The number of sulfonamides is 1. The number of methoxy groups -OCH3 is 2. The molecule has 1 saturated heterocycles. The Morgan fingerprint density at radius 1 is 1.16 bits per heavy atom. The van der Waals surface area contributed by atoms with Crippen LogP contribution in [-0.4, -0.2) is 52.4 Å². The first kappa shape index (κ1) is 23.7. The second-order valence-corrected chi connectivity index (χ2v) is 9.17. The molecule has 0 unspecified atom stereocenters. The molecule has 0 radical (unpaired) electrons. The number of alkyl halides is 3. The Hall–Kier alpha value is -2.99. The Morgan fingerprint density at radius 2 is 1.81 bits per heavy atom. The monoisotopic (exact) mass is 474 g/mol. The number of nitrogens with zero attached hydrogens (tertiary/aromatic N) is 1. The predicted molar refractivity (Wildman–Crippen MR) is 110 cm³/mol. The van der Waals surface area contributed by atoms with Gasteiger partial charge in [0.1, 0.15) is 10.6 Å². The Labute approximate surface area is 182 Å². The third-order valence-corrected chi connectivity index (χ3v) is 6.54. The summed E-state index contributed by atoms with van der Waals surface area (Å²) in [6.07, 6.45) is -4.70. The van der Waals surface area contributed by atoms with Gasteiger partial charge in [0.2, 0.25) is 0 Å². The molecule has 0 aromatic heterocycles. The predicted octanol–water partition coefficient (Wildman–Crippen LogP) is 3.44. The molecule has 1 aliphatic rings. The molecular formula is C20H21F3N2O6S. The van der Waals surface area contributed by atoms with E-state index in [4.69, 9.17) is 9.47 Å². The van der Waals surface area contributed by atoms with E-state index < -0.39 is 38.2 Å². The lowest BCUT2D eigenvalue weighted by atomic mass is 9.95. The molecule has 0 atom stereocenters. The molecule has 1 aliphatic heterocycles. The van der Waals surface area contributed by atoms with Gasteiger partial charge in [-0.25, -0.2) is 13.2 Å². The molecule has 8 nitrogen and oxygen atoms in total. The number of rotatable bonds is 7. The fourth-order valence-corrected chi connectivity index (χ4v) is 4.61. The van der Waals surface area contributed by atoms with Crippen LogP contribution in [0, 0.1) is 0 Å². The molecule has 2 aromatic carbocycles. The van der Waals surface area contributed by atoms with E-state index >= 15 is 0 Å². The third kappa shape index (κ3) is 4.60. The Kier molecular flexibility index (Phi) is 6.04. The topological polar surface area (TPSA) is 105 Å². The normalized spacial score (nSPS) is 15.8. The highest BCUT2D eigenvalue weighted by molar-refractivity contribution is 7.92. The SMILES string of the molecule is COc1ccc(C(=O)O)cc1S(=O)(=O)Nc1cc(C(F)(F)F)ccc1N1CC(C)(OC)C1. The summed E-state index contributed by atoms with van der Waals surface area (Å²) in [6.45, 7) is 2.49. The molecule has 0 spiro atoms. The van der Waals surface area contributed by atoms with Crippen molar-refractivity contribution in [2.75, 3.05) is 36.9 Å². The lowest BCUT2D eigenvalue weighted by Crippen LogP contribution is -2.61. The van der Waals surface area contributed by atoms with Crippen LogP contribution in [-0.2, 0) is 20.9 Å². The van der Waals surface area contributed by atoms with Gasteiger partial charge in [-0.1, -0.05) is 0 Å². The molecular weight excluding hydrogens is 453 g/mol. The quantitative estimate of drug-likeness (QED) is 0.633. The average Bonchev–Trinajstić information content (AvgIpc) is 2.70. The zero-order valence-electron chi connectivity index (χ0n) is 17.4. The molecule has 3 rings (SSSR count). The van der Waals surface area contributed by atoms with Gasteiger partial charge in [-0.15, -0.1) is 0 Å². The average molecular weight is 474 g/mol. The zero-order chi connectivity index (χ0) is 23.9. The maximum absolute atomic E-state index is 13.3. The van der Waals surface area contributed by atoms with Crippen LogP contribution >= 0.6 is 0 Å². The van der Waals surface area contributed by atoms with Crippen molar-refractivity contribution in [1.29, 1.82) is 0 Å². The van der Waals surface area contributed by atoms with Gasteiger partial charge in [0, 0.05) is 20.2 Å². The van der Waals surface area contributed by atoms with Gasteiger partial charge >= 0.3 is 12.1 Å². The van der Waals surface area contributed by atoms with Gasteiger partial charge in [0.25, 0.3) is 10.0 Å². The first-order chi connectivity index (χ1) is 14.8. The van der Waals surface area contributed by atoms with Crippen LogP contribution in [0.1, 0.15) is 22.8 Å². The number of hydrogen-bond donors (Lipinski definition) is 2. The highest BCUT2D eigenvalue weighted by atomic mass is 32.2. The van der Waals surface area contributed by atoms with Crippen molar-refractivity contribution in [1.82, 2.24) is 0 Å². The van der Waals surface area contributed by atoms with Gasteiger partial charge in [-0.05, 0) is 43.3 Å². The summed E-state index contributed by atoms with van der Waals surface area (Å²) in [5, 5.41) is 9.18. The van der Waals surface area contributed by atoms with E-state index in [-0.39, 0.29) is 22.7 Å². The lowest BCUT2D eigenvalue weighted by molar-refractivity contribution is -0.137. The van der Waals surface area contributed by atoms with Crippen molar-refractivity contribution >= 4 is 27.4 Å². The largest absolute Gasteiger partial charge is 0.495 e. The van der Waals surface area contributed by atoms with Crippen LogP contribution in [0.5, 0.6) is 5.75 Å². The first-order valence-corrected chi connectivity index (χ1v) is 10.7. The third-order valence-electron chi connectivity index (χ3n) is 5.15. The van der Waals surface area contributed by atoms with Crippen molar-refractivity contribution in [3.05, 3.63) is 47.5 Å². The number of anilines is 2. The van der Waals surface area contributed by atoms with E-state index in [2.05, 4.69) is 4.72 Å². The van der Waals surface area contributed by atoms with Crippen LogP contribution in [0.2, 0.25) is 0 Å². The number of carboxylic acid groups (broad SMARTS) is 1. The second-order valence-electron chi connectivity index (χ2n) is 7.52. The summed E-state index contributed by atoms with van der Waals surface area (Å²) in [5.41, 5.74) is -1.96. The van der Waals surface area contributed by atoms with Crippen LogP contribution in [0.3, 0.4) is 0 Å². The maximum Gasteiger partial charge on any atom is 0.416 e. The maximum atomic E-state index is 13.3. The minimum Gasteiger partial charge on any atom is -0.495 e. The number of hydrogen-bond acceptors (Lipinski definition) is 6. The smallest absolute Gasteiger partial charge is 0.416 e. The summed E-state index contributed by atoms with van der Waals surface area (Å²) in [5.74, 6) is -1.53. The molecule has 0 bridgehead atoms. The van der Waals surface area contributed by atoms with Gasteiger partial charge in [0.15, 0.2) is 0 Å². The van der Waals surface area contributed by atoms with E-state index in [1.165, 1.54) is 20.3 Å². The highest BCUT2D eigenvalue weighted by Crippen LogP contribution is 2.40.